The van der Waals surface area contributed by atoms with Crippen molar-refractivity contribution in [3.05, 3.63) is 54.3 Å². The van der Waals surface area contributed by atoms with Crippen molar-refractivity contribution in [2.75, 3.05) is 20.2 Å². The van der Waals surface area contributed by atoms with Gasteiger partial charge in [0.1, 0.15) is 23.4 Å². The molecule has 24 heavy (non-hydrogen) atoms. The summed E-state index contributed by atoms with van der Waals surface area (Å²) in [5, 5.41) is 0. The van der Waals surface area contributed by atoms with Gasteiger partial charge in [0.2, 0.25) is 10.0 Å². The van der Waals surface area contributed by atoms with Crippen molar-refractivity contribution in [2.45, 2.75) is 17.4 Å². The van der Waals surface area contributed by atoms with Crippen molar-refractivity contribution in [1.82, 2.24) is 4.31 Å². The van der Waals surface area contributed by atoms with Crippen LogP contribution in [0, 0.1) is 5.82 Å². The first-order valence-electron chi connectivity index (χ1n) is 7.55. The second-order valence-corrected chi connectivity index (χ2v) is 7.47. The van der Waals surface area contributed by atoms with Crippen LogP contribution in [0.1, 0.15) is 6.42 Å². The third kappa shape index (κ3) is 3.52. The molecule has 1 saturated heterocycles. The maximum Gasteiger partial charge on any atom is 0.243 e. The predicted octanol–water partition coefficient (Wildman–Crippen LogP) is 2.68. The highest BCUT2D eigenvalue weighted by atomic mass is 32.2. The Morgan fingerprint density at radius 1 is 1.12 bits per heavy atom. The van der Waals surface area contributed by atoms with E-state index in [0.29, 0.717) is 24.5 Å². The van der Waals surface area contributed by atoms with Gasteiger partial charge in [-0.3, -0.25) is 0 Å². The Morgan fingerprint density at radius 2 is 1.88 bits per heavy atom. The van der Waals surface area contributed by atoms with E-state index in [2.05, 4.69) is 0 Å². The first-order valence-corrected chi connectivity index (χ1v) is 8.99. The van der Waals surface area contributed by atoms with Crippen LogP contribution in [0.2, 0.25) is 0 Å². The maximum absolute atomic E-state index is 13.2. The van der Waals surface area contributed by atoms with E-state index in [1.54, 1.807) is 30.3 Å². The summed E-state index contributed by atoms with van der Waals surface area (Å²) in [5.41, 5.74) is 0. The monoisotopic (exact) mass is 351 g/mol. The van der Waals surface area contributed by atoms with Crippen LogP contribution < -0.4 is 9.47 Å². The highest BCUT2D eigenvalue weighted by Crippen LogP contribution is 2.26. The molecule has 0 N–H and O–H groups in total. The van der Waals surface area contributed by atoms with E-state index in [1.165, 1.54) is 29.6 Å². The molecule has 0 radical (unpaired) electrons. The number of nitrogens with zero attached hydrogens (tertiary/aromatic N) is 1. The van der Waals surface area contributed by atoms with Crippen LogP contribution in [0.15, 0.2) is 53.4 Å². The van der Waals surface area contributed by atoms with Crippen molar-refractivity contribution in [2.24, 2.45) is 0 Å². The van der Waals surface area contributed by atoms with Crippen molar-refractivity contribution >= 4 is 10.0 Å². The lowest BCUT2D eigenvalue weighted by Crippen LogP contribution is -2.31. The van der Waals surface area contributed by atoms with Gasteiger partial charge in [-0.05, 0) is 30.7 Å². The van der Waals surface area contributed by atoms with Crippen LogP contribution in [-0.4, -0.2) is 39.0 Å². The van der Waals surface area contributed by atoms with Gasteiger partial charge >= 0.3 is 0 Å². The Labute approximate surface area is 140 Å². The zero-order valence-corrected chi connectivity index (χ0v) is 14.0. The fourth-order valence-corrected chi connectivity index (χ4v) is 4.18. The van der Waals surface area contributed by atoms with Gasteiger partial charge in [0, 0.05) is 18.7 Å². The average Bonchev–Trinajstić information content (AvgIpc) is 3.04. The first-order chi connectivity index (χ1) is 11.5. The van der Waals surface area contributed by atoms with Crippen LogP contribution in [0.5, 0.6) is 11.5 Å². The van der Waals surface area contributed by atoms with Gasteiger partial charge in [-0.25, -0.2) is 12.8 Å². The van der Waals surface area contributed by atoms with Crippen LogP contribution in [0.25, 0.3) is 0 Å². The maximum atomic E-state index is 13.2. The second-order valence-electron chi connectivity index (χ2n) is 5.53. The molecule has 0 spiro atoms. The molecule has 1 unspecified atom stereocenters. The Morgan fingerprint density at radius 3 is 2.62 bits per heavy atom. The minimum atomic E-state index is -3.61. The fourth-order valence-electron chi connectivity index (χ4n) is 2.66. The molecule has 0 amide bonds. The topological polar surface area (TPSA) is 55.8 Å². The summed E-state index contributed by atoms with van der Waals surface area (Å²) in [5.74, 6) is 0.509. The molecule has 2 aromatic carbocycles. The molecule has 0 saturated carbocycles. The summed E-state index contributed by atoms with van der Waals surface area (Å²) in [4.78, 5) is 0.188. The molecule has 128 valence electrons. The summed E-state index contributed by atoms with van der Waals surface area (Å²) in [6.45, 7) is 0.593. The van der Waals surface area contributed by atoms with Gasteiger partial charge in [-0.1, -0.05) is 12.1 Å². The Bertz CT molecular complexity index is 825. The molecular formula is C17H18FNO4S. The second kappa shape index (κ2) is 6.78. The number of rotatable bonds is 5. The first kappa shape index (κ1) is 16.7. The van der Waals surface area contributed by atoms with E-state index < -0.39 is 10.0 Å². The molecule has 5 nitrogen and oxygen atoms in total. The standard InChI is InChI=1S/C17H18FNO4S/c1-22-14-5-3-7-17(11-14)24(20,21)19-9-8-16(12-19)23-15-6-2-4-13(18)10-15/h2-7,10-11,16H,8-9,12H2,1H3. The summed E-state index contributed by atoms with van der Waals surface area (Å²) in [6, 6.07) is 12.2. The molecule has 0 aromatic heterocycles. The fraction of sp³-hybridized carbons (Fsp3) is 0.294. The largest absolute Gasteiger partial charge is 0.497 e. The number of benzene rings is 2. The van der Waals surface area contributed by atoms with E-state index >= 15 is 0 Å². The van der Waals surface area contributed by atoms with Gasteiger partial charge in [-0.2, -0.15) is 4.31 Å². The Kier molecular flexibility index (Phi) is 4.73. The van der Waals surface area contributed by atoms with E-state index in [1.807, 2.05) is 0 Å². The van der Waals surface area contributed by atoms with Crippen molar-refractivity contribution < 1.29 is 22.3 Å². The van der Waals surface area contributed by atoms with E-state index in [4.69, 9.17) is 9.47 Å². The zero-order chi connectivity index (χ0) is 17.2. The van der Waals surface area contributed by atoms with E-state index in [-0.39, 0.29) is 23.4 Å². The Balaban J connectivity index is 1.72. The molecule has 0 aliphatic carbocycles. The smallest absolute Gasteiger partial charge is 0.243 e. The molecule has 1 aliphatic heterocycles. The molecule has 2 aromatic rings. The van der Waals surface area contributed by atoms with Crippen LogP contribution in [0.3, 0.4) is 0 Å². The zero-order valence-electron chi connectivity index (χ0n) is 13.2. The van der Waals surface area contributed by atoms with E-state index in [9.17, 15) is 12.8 Å². The summed E-state index contributed by atoms with van der Waals surface area (Å²) in [7, 11) is -2.11. The lowest BCUT2D eigenvalue weighted by atomic mass is 10.3. The SMILES string of the molecule is COc1cccc(S(=O)(=O)N2CCC(Oc3cccc(F)c3)C2)c1. The van der Waals surface area contributed by atoms with Crippen molar-refractivity contribution in [1.29, 1.82) is 0 Å². The van der Waals surface area contributed by atoms with Gasteiger partial charge < -0.3 is 9.47 Å². The lowest BCUT2D eigenvalue weighted by Gasteiger charge is -2.17. The summed E-state index contributed by atoms with van der Waals surface area (Å²) < 4.78 is 50.8. The van der Waals surface area contributed by atoms with Crippen LogP contribution in [0.4, 0.5) is 4.39 Å². The van der Waals surface area contributed by atoms with Gasteiger partial charge in [0.05, 0.1) is 18.6 Å². The quantitative estimate of drug-likeness (QED) is 0.831. The summed E-state index contributed by atoms with van der Waals surface area (Å²) in [6.07, 6.45) is 0.256. The van der Waals surface area contributed by atoms with Gasteiger partial charge in [0.25, 0.3) is 0 Å². The number of sulfonamides is 1. The van der Waals surface area contributed by atoms with Crippen molar-refractivity contribution in [3.8, 4) is 11.5 Å². The molecule has 1 heterocycles. The highest BCUT2D eigenvalue weighted by Gasteiger charge is 2.33. The predicted molar refractivity (Wildman–Crippen MR) is 87.2 cm³/mol. The minimum absolute atomic E-state index is 0.188. The molecular weight excluding hydrogens is 333 g/mol. The highest BCUT2D eigenvalue weighted by molar-refractivity contribution is 7.89. The normalized spacial score (nSPS) is 18.5. The third-order valence-corrected chi connectivity index (χ3v) is 5.75. The molecule has 0 bridgehead atoms. The number of hydrogen-bond acceptors (Lipinski definition) is 4. The summed E-state index contributed by atoms with van der Waals surface area (Å²) >= 11 is 0. The number of hydrogen-bond donors (Lipinski definition) is 0. The third-order valence-electron chi connectivity index (χ3n) is 3.89. The number of ether oxygens (including phenoxy) is 2. The van der Waals surface area contributed by atoms with Crippen molar-refractivity contribution in [3.63, 3.8) is 0 Å². The molecule has 1 fully saturated rings. The molecule has 1 aliphatic rings. The van der Waals surface area contributed by atoms with E-state index in [0.717, 1.165) is 0 Å². The van der Waals surface area contributed by atoms with Gasteiger partial charge in [-0.15, -0.1) is 0 Å². The van der Waals surface area contributed by atoms with Crippen LogP contribution >= 0.6 is 0 Å². The Hall–Kier alpha value is -2.12. The number of halogens is 1. The average molecular weight is 351 g/mol. The number of methoxy groups -OCH3 is 1. The lowest BCUT2D eigenvalue weighted by molar-refractivity contribution is 0.214. The molecule has 1 atom stereocenters. The molecule has 3 rings (SSSR count). The minimum Gasteiger partial charge on any atom is -0.497 e. The molecule has 7 heteroatoms. The van der Waals surface area contributed by atoms with Crippen LogP contribution in [-0.2, 0) is 10.0 Å². The van der Waals surface area contributed by atoms with Gasteiger partial charge in [0.15, 0.2) is 0 Å².